The van der Waals surface area contributed by atoms with Crippen LogP contribution in [0.4, 0.5) is 5.69 Å². The van der Waals surface area contributed by atoms with Gasteiger partial charge in [-0.05, 0) is 44.6 Å². The zero-order valence-electron chi connectivity index (χ0n) is 11.3. The molecule has 0 spiro atoms. The quantitative estimate of drug-likeness (QED) is 0.922. The Hall–Kier alpha value is -1.26. The van der Waals surface area contributed by atoms with Gasteiger partial charge in [0, 0.05) is 24.7 Å². The highest BCUT2D eigenvalue weighted by Crippen LogP contribution is 2.26. The van der Waals surface area contributed by atoms with Gasteiger partial charge in [0.15, 0.2) is 0 Å². The lowest BCUT2D eigenvalue weighted by Crippen LogP contribution is -2.37. The van der Waals surface area contributed by atoms with E-state index >= 15 is 0 Å². The second-order valence-corrected chi connectivity index (χ2v) is 5.56. The van der Waals surface area contributed by atoms with Crippen molar-refractivity contribution in [1.82, 2.24) is 4.90 Å². The second-order valence-electron chi connectivity index (χ2n) is 5.12. The lowest BCUT2D eigenvalue weighted by Gasteiger charge is -2.28. The van der Waals surface area contributed by atoms with Crippen molar-refractivity contribution >= 4 is 23.3 Å². The SMILES string of the molecule is CN(CC1CCCN1C)c1cc(Cl)ccc1C(=O)O. The van der Waals surface area contributed by atoms with Crippen molar-refractivity contribution in [2.24, 2.45) is 0 Å². The molecule has 4 nitrogen and oxygen atoms in total. The smallest absolute Gasteiger partial charge is 0.337 e. The van der Waals surface area contributed by atoms with E-state index in [0.717, 1.165) is 19.5 Å². The lowest BCUT2D eigenvalue weighted by atomic mass is 10.1. The highest BCUT2D eigenvalue weighted by Gasteiger charge is 2.23. The fourth-order valence-corrected chi connectivity index (χ4v) is 2.79. The predicted octanol–water partition coefficient (Wildman–Crippen LogP) is 2.57. The van der Waals surface area contributed by atoms with Gasteiger partial charge in [-0.3, -0.25) is 0 Å². The van der Waals surface area contributed by atoms with Crippen molar-refractivity contribution in [1.29, 1.82) is 0 Å². The molecule has 0 bridgehead atoms. The maximum atomic E-state index is 11.3. The summed E-state index contributed by atoms with van der Waals surface area (Å²) in [6.07, 6.45) is 2.36. The Morgan fingerprint density at radius 1 is 1.58 bits per heavy atom. The summed E-state index contributed by atoms with van der Waals surface area (Å²) in [6.45, 7) is 1.93. The molecule has 1 unspecified atom stereocenters. The van der Waals surface area contributed by atoms with E-state index in [2.05, 4.69) is 11.9 Å². The topological polar surface area (TPSA) is 43.8 Å². The van der Waals surface area contributed by atoms with Crippen LogP contribution in [0.3, 0.4) is 0 Å². The highest BCUT2D eigenvalue weighted by molar-refractivity contribution is 6.31. The Labute approximate surface area is 118 Å². The van der Waals surface area contributed by atoms with E-state index in [1.165, 1.54) is 6.42 Å². The minimum atomic E-state index is -0.918. The van der Waals surface area contributed by atoms with Gasteiger partial charge in [-0.15, -0.1) is 0 Å². The third-order valence-electron chi connectivity index (χ3n) is 3.76. The second kappa shape index (κ2) is 5.80. The number of rotatable bonds is 4. The number of nitrogens with zero attached hydrogens (tertiary/aromatic N) is 2. The molecule has 1 aliphatic heterocycles. The van der Waals surface area contributed by atoms with Gasteiger partial charge in [-0.25, -0.2) is 4.79 Å². The first-order valence-corrected chi connectivity index (χ1v) is 6.81. The number of likely N-dealkylation sites (N-methyl/N-ethyl adjacent to an activating group) is 2. The average Bonchev–Trinajstić information content (AvgIpc) is 2.74. The molecule has 2 rings (SSSR count). The van der Waals surface area contributed by atoms with Crippen LogP contribution in [0.2, 0.25) is 5.02 Å². The van der Waals surface area contributed by atoms with E-state index in [1.54, 1.807) is 18.2 Å². The van der Waals surface area contributed by atoms with Crippen LogP contribution < -0.4 is 4.90 Å². The van der Waals surface area contributed by atoms with Crippen molar-refractivity contribution in [3.05, 3.63) is 28.8 Å². The lowest BCUT2D eigenvalue weighted by molar-refractivity contribution is 0.0697. The third kappa shape index (κ3) is 3.19. The third-order valence-corrected chi connectivity index (χ3v) is 3.99. The molecule has 1 aromatic rings. The molecule has 0 radical (unpaired) electrons. The maximum Gasteiger partial charge on any atom is 0.337 e. The van der Waals surface area contributed by atoms with E-state index in [1.807, 2.05) is 11.9 Å². The predicted molar refractivity (Wildman–Crippen MR) is 77.3 cm³/mol. The molecule has 0 saturated carbocycles. The van der Waals surface area contributed by atoms with Crippen molar-refractivity contribution < 1.29 is 9.90 Å². The summed E-state index contributed by atoms with van der Waals surface area (Å²) in [5.74, 6) is -0.918. The Bertz CT molecular complexity index is 479. The number of hydrogen-bond donors (Lipinski definition) is 1. The van der Waals surface area contributed by atoms with E-state index in [-0.39, 0.29) is 0 Å². The first-order valence-electron chi connectivity index (χ1n) is 6.43. The molecule has 1 N–H and O–H groups in total. The minimum Gasteiger partial charge on any atom is -0.478 e. The molecule has 1 aromatic carbocycles. The van der Waals surface area contributed by atoms with Gasteiger partial charge in [-0.2, -0.15) is 0 Å². The summed E-state index contributed by atoms with van der Waals surface area (Å²) in [5.41, 5.74) is 0.979. The van der Waals surface area contributed by atoms with Gasteiger partial charge in [0.2, 0.25) is 0 Å². The molecule has 1 aliphatic rings. The van der Waals surface area contributed by atoms with Crippen LogP contribution in [-0.4, -0.2) is 49.2 Å². The van der Waals surface area contributed by atoms with Crippen LogP contribution >= 0.6 is 11.6 Å². The molecule has 19 heavy (non-hydrogen) atoms. The van der Waals surface area contributed by atoms with Gasteiger partial charge in [0.25, 0.3) is 0 Å². The van der Waals surface area contributed by atoms with Gasteiger partial charge in [0.05, 0.1) is 11.3 Å². The van der Waals surface area contributed by atoms with Crippen LogP contribution in [0.15, 0.2) is 18.2 Å². The Morgan fingerprint density at radius 2 is 2.32 bits per heavy atom. The fraction of sp³-hybridized carbons (Fsp3) is 0.500. The van der Waals surface area contributed by atoms with E-state index in [0.29, 0.717) is 22.3 Å². The molecule has 1 atom stereocenters. The zero-order chi connectivity index (χ0) is 14.0. The Balaban J connectivity index is 2.20. The number of hydrogen-bond acceptors (Lipinski definition) is 3. The van der Waals surface area contributed by atoms with Crippen molar-refractivity contribution in [3.8, 4) is 0 Å². The van der Waals surface area contributed by atoms with Crippen molar-refractivity contribution in [2.45, 2.75) is 18.9 Å². The molecule has 0 aromatic heterocycles. The summed E-state index contributed by atoms with van der Waals surface area (Å²) in [7, 11) is 4.03. The van der Waals surface area contributed by atoms with Gasteiger partial charge in [0.1, 0.15) is 0 Å². The summed E-state index contributed by atoms with van der Waals surface area (Å²) in [6, 6.07) is 5.38. The summed E-state index contributed by atoms with van der Waals surface area (Å²) in [5, 5.41) is 9.80. The van der Waals surface area contributed by atoms with Crippen LogP contribution in [0.25, 0.3) is 0 Å². The van der Waals surface area contributed by atoms with Gasteiger partial charge in [-0.1, -0.05) is 11.6 Å². The zero-order valence-corrected chi connectivity index (χ0v) is 12.0. The molecule has 1 fully saturated rings. The van der Waals surface area contributed by atoms with Gasteiger partial charge >= 0.3 is 5.97 Å². The number of carbonyl (C=O) groups is 1. The number of aromatic carboxylic acids is 1. The van der Waals surface area contributed by atoms with Crippen LogP contribution in [0, 0.1) is 0 Å². The van der Waals surface area contributed by atoms with Crippen molar-refractivity contribution in [2.75, 3.05) is 32.1 Å². The number of likely N-dealkylation sites (tertiary alicyclic amines) is 1. The summed E-state index contributed by atoms with van der Waals surface area (Å²) in [4.78, 5) is 15.6. The molecule has 5 heteroatoms. The maximum absolute atomic E-state index is 11.3. The standard InChI is InChI=1S/C14H19ClN2O2/c1-16-7-3-4-11(16)9-17(2)13-8-10(15)5-6-12(13)14(18)19/h5-6,8,11H,3-4,7,9H2,1-2H3,(H,18,19). The number of halogens is 1. The average molecular weight is 283 g/mol. The molecule has 0 amide bonds. The van der Waals surface area contributed by atoms with Crippen LogP contribution in [0.1, 0.15) is 23.2 Å². The first kappa shape index (κ1) is 14.2. The number of benzene rings is 1. The Kier molecular flexibility index (Phi) is 4.32. The molecular formula is C14H19ClN2O2. The molecule has 1 heterocycles. The normalized spacial score (nSPS) is 19.6. The van der Waals surface area contributed by atoms with Crippen molar-refractivity contribution in [3.63, 3.8) is 0 Å². The molecule has 0 aliphatic carbocycles. The fourth-order valence-electron chi connectivity index (χ4n) is 2.63. The van der Waals surface area contributed by atoms with Crippen LogP contribution in [0.5, 0.6) is 0 Å². The first-order chi connectivity index (χ1) is 8.99. The Morgan fingerprint density at radius 3 is 2.89 bits per heavy atom. The number of carboxylic acids is 1. The van der Waals surface area contributed by atoms with Crippen LogP contribution in [-0.2, 0) is 0 Å². The molecule has 104 valence electrons. The molecular weight excluding hydrogens is 264 g/mol. The largest absolute Gasteiger partial charge is 0.478 e. The van der Waals surface area contributed by atoms with Gasteiger partial charge < -0.3 is 14.9 Å². The number of carboxylic acid groups (broad SMARTS) is 1. The monoisotopic (exact) mass is 282 g/mol. The highest BCUT2D eigenvalue weighted by atomic mass is 35.5. The number of anilines is 1. The summed E-state index contributed by atoms with van der Waals surface area (Å²) >= 11 is 5.98. The molecule has 1 saturated heterocycles. The van der Waals surface area contributed by atoms with E-state index in [4.69, 9.17) is 11.6 Å². The van der Waals surface area contributed by atoms with E-state index in [9.17, 15) is 9.90 Å². The summed E-state index contributed by atoms with van der Waals surface area (Å²) < 4.78 is 0. The van der Waals surface area contributed by atoms with E-state index < -0.39 is 5.97 Å². The minimum absolute atomic E-state index is 0.299.